The van der Waals surface area contributed by atoms with Crippen LogP contribution in [0, 0.1) is 0 Å². The number of ether oxygens (including phenoxy) is 1. The van der Waals surface area contributed by atoms with Crippen LogP contribution in [0.15, 0.2) is 53.0 Å². The van der Waals surface area contributed by atoms with Gasteiger partial charge in [0.2, 0.25) is 0 Å². The Labute approximate surface area is 118 Å². The summed E-state index contributed by atoms with van der Waals surface area (Å²) < 4.78 is 6.82. The van der Waals surface area contributed by atoms with E-state index in [-0.39, 0.29) is 0 Å². The largest absolute Gasteiger partial charge is 0.489 e. The van der Waals surface area contributed by atoms with Crippen LogP contribution in [0.3, 0.4) is 0 Å². The molecular weight excluding hydrogens is 344 g/mol. The molecule has 2 aromatic rings. The van der Waals surface area contributed by atoms with Crippen LogP contribution < -0.4 is 4.74 Å². The van der Waals surface area contributed by atoms with Crippen LogP contribution in [0.25, 0.3) is 0 Å². The van der Waals surface area contributed by atoms with Crippen LogP contribution >= 0.6 is 31.9 Å². The van der Waals surface area contributed by atoms with E-state index in [2.05, 4.69) is 50.1 Å². The molecule has 0 aliphatic carbocycles. The Hall–Kier alpha value is -0.800. The third-order valence-corrected chi connectivity index (χ3v) is 3.49. The minimum absolute atomic E-state index is 0.588. The van der Waals surface area contributed by atoms with Crippen LogP contribution in [0.4, 0.5) is 0 Å². The van der Waals surface area contributed by atoms with Gasteiger partial charge >= 0.3 is 0 Å². The van der Waals surface area contributed by atoms with Crippen LogP contribution in [-0.2, 0) is 11.9 Å². The Kier molecular flexibility index (Phi) is 4.63. The molecule has 0 aliphatic heterocycles. The summed E-state index contributed by atoms with van der Waals surface area (Å²) in [4.78, 5) is 0. The number of halogens is 2. The Morgan fingerprint density at radius 1 is 0.941 bits per heavy atom. The Morgan fingerprint density at radius 3 is 2.47 bits per heavy atom. The van der Waals surface area contributed by atoms with Gasteiger partial charge in [-0.1, -0.05) is 56.1 Å². The van der Waals surface area contributed by atoms with Crippen LogP contribution in [-0.4, -0.2) is 0 Å². The summed E-state index contributed by atoms with van der Waals surface area (Å²) in [5, 5.41) is 0.848. The maximum atomic E-state index is 5.75. The van der Waals surface area contributed by atoms with Gasteiger partial charge in [-0.2, -0.15) is 0 Å². The maximum Gasteiger partial charge on any atom is 0.120 e. The van der Waals surface area contributed by atoms with E-state index in [0.29, 0.717) is 6.61 Å². The molecular formula is C14H12Br2O. The summed E-state index contributed by atoms with van der Waals surface area (Å²) in [6, 6.07) is 16.2. The predicted molar refractivity (Wildman–Crippen MR) is 77.5 cm³/mol. The number of hydrogen-bond acceptors (Lipinski definition) is 1. The molecule has 0 radical (unpaired) electrons. The van der Waals surface area contributed by atoms with Crippen LogP contribution in [0.1, 0.15) is 11.1 Å². The first-order valence-corrected chi connectivity index (χ1v) is 7.21. The van der Waals surface area contributed by atoms with E-state index < -0.39 is 0 Å². The molecule has 17 heavy (non-hydrogen) atoms. The van der Waals surface area contributed by atoms with Crippen molar-refractivity contribution >= 4 is 31.9 Å². The second-order valence-electron chi connectivity index (χ2n) is 3.70. The zero-order valence-corrected chi connectivity index (χ0v) is 12.4. The molecule has 0 saturated heterocycles. The van der Waals surface area contributed by atoms with Crippen molar-refractivity contribution in [1.29, 1.82) is 0 Å². The first-order chi connectivity index (χ1) is 8.28. The van der Waals surface area contributed by atoms with Gasteiger partial charge in [0.05, 0.1) is 0 Å². The van der Waals surface area contributed by atoms with Crippen molar-refractivity contribution < 1.29 is 4.74 Å². The molecule has 2 aromatic carbocycles. The summed E-state index contributed by atoms with van der Waals surface area (Å²) in [6.45, 7) is 0.588. The number of benzene rings is 2. The third kappa shape index (κ3) is 3.86. The van der Waals surface area contributed by atoms with Gasteiger partial charge in [0.15, 0.2) is 0 Å². The molecule has 0 spiro atoms. The molecule has 0 saturated carbocycles. The molecule has 0 N–H and O–H groups in total. The first kappa shape index (κ1) is 12.7. The number of alkyl halides is 1. The molecule has 2 rings (SSSR count). The zero-order valence-electron chi connectivity index (χ0n) is 9.20. The first-order valence-electron chi connectivity index (χ1n) is 5.30. The fourth-order valence-electron chi connectivity index (χ4n) is 1.51. The van der Waals surface area contributed by atoms with Gasteiger partial charge in [-0.15, -0.1) is 0 Å². The van der Waals surface area contributed by atoms with Crippen LogP contribution in [0.5, 0.6) is 5.75 Å². The number of hydrogen-bond donors (Lipinski definition) is 0. The summed E-state index contributed by atoms with van der Waals surface area (Å²) in [7, 11) is 0. The summed E-state index contributed by atoms with van der Waals surface area (Å²) >= 11 is 6.88. The van der Waals surface area contributed by atoms with Crippen molar-refractivity contribution in [2.24, 2.45) is 0 Å². The molecule has 88 valence electrons. The monoisotopic (exact) mass is 354 g/mol. The van der Waals surface area contributed by atoms with Gasteiger partial charge in [-0.05, 0) is 35.4 Å². The zero-order chi connectivity index (χ0) is 12.1. The normalized spacial score (nSPS) is 10.2. The molecule has 0 bridgehead atoms. The Morgan fingerprint density at radius 2 is 1.71 bits per heavy atom. The van der Waals surface area contributed by atoms with E-state index in [1.165, 1.54) is 5.56 Å². The standard InChI is InChI=1S/C14H12Br2O/c15-9-11-3-2-6-14(8-11)17-10-12-4-1-5-13(16)7-12/h1-8H,9-10H2. The second-order valence-corrected chi connectivity index (χ2v) is 5.18. The minimum Gasteiger partial charge on any atom is -0.489 e. The lowest BCUT2D eigenvalue weighted by atomic mass is 10.2. The van der Waals surface area contributed by atoms with Gasteiger partial charge < -0.3 is 4.74 Å². The van der Waals surface area contributed by atoms with Gasteiger partial charge in [-0.25, -0.2) is 0 Å². The average Bonchev–Trinajstić information content (AvgIpc) is 2.37. The van der Waals surface area contributed by atoms with Crippen molar-refractivity contribution in [3.63, 3.8) is 0 Å². The van der Waals surface area contributed by atoms with E-state index >= 15 is 0 Å². The highest BCUT2D eigenvalue weighted by Gasteiger charge is 1.98. The summed E-state index contributed by atoms with van der Waals surface area (Å²) in [5.74, 6) is 0.905. The van der Waals surface area contributed by atoms with Crippen molar-refractivity contribution in [2.75, 3.05) is 0 Å². The molecule has 0 aliphatic rings. The highest BCUT2D eigenvalue weighted by molar-refractivity contribution is 9.10. The van der Waals surface area contributed by atoms with Crippen molar-refractivity contribution in [2.45, 2.75) is 11.9 Å². The maximum absolute atomic E-state index is 5.75. The molecule has 0 aromatic heterocycles. The number of rotatable bonds is 4. The minimum atomic E-state index is 0.588. The molecule has 0 amide bonds. The molecule has 0 atom stereocenters. The van der Waals surface area contributed by atoms with Crippen molar-refractivity contribution in [3.05, 3.63) is 64.1 Å². The lowest BCUT2D eigenvalue weighted by Gasteiger charge is -2.07. The van der Waals surface area contributed by atoms with Crippen molar-refractivity contribution in [1.82, 2.24) is 0 Å². The Bertz CT molecular complexity index is 497. The van der Waals surface area contributed by atoms with Gasteiger partial charge in [-0.3, -0.25) is 0 Å². The molecule has 0 heterocycles. The fraction of sp³-hybridized carbons (Fsp3) is 0.143. The van der Waals surface area contributed by atoms with E-state index in [9.17, 15) is 0 Å². The smallest absolute Gasteiger partial charge is 0.120 e. The third-order valence-electron chi connectivity index (χ3n) is 2.35. The van der Waals surface area contributed by atoms with Crippen LogP contribution in [0.2, 0.25) is 0 Å². The highest BCUT2D eigenvalue weighted by atomic mass is 79.9. The van der Waals surface area contributed by atoms with Gasteiger partial charge in [0, 0.05) is 9.80 Å². The highest BCUT2D eigenvalue weighted by Crippen LogP contribution is 2.18. The fourth-order valence-corrected chi connectivity index (χ4v) is 2.31. The lowest BCUT2D eigenvalue weighted by Crippen LogP contribution is -1.95. The topological polar surface area (TPSA) is 9.23 Å². The summed E-state index contributed by atoms with van der Waals surface area (Å²) in [6.07, 6.45) is 0. The molecule has 0 fully saturated rings. The SMILES string of the molecule is BrCc1cccc(OCc2cccc(Br)c2)c1. The van der Waals surface area contributed by atoms with Gasteiger partial charge in [0.1, 0.15) is 12.4 Å². The molecule has 3 heteroatoms. The van der Waals surface area contributed by atoms with Crippen molar-refractivity contribution in [3.8, 4) is 5.75 Å². The van der Waals surface area contributed by atoms with E-state index in [0.717, 1.165) is 21.1 Å². The Balaban J connectivity index is 2.02. The predicted octanol–water partition coefficient (Wildman–Crippen LogP) is 4.92. The molecule has 1 nitrogen and oxygen atoms in total. The molecule has 0 unspecified atom stereocenters. The lowest BCUT2D eigenvalue weighted by molar-refractivity contribution is 0.306. The quantitative estimate of drug-likeness (QED) is 0.707. The second kappa shape index (κ2) is 6.22. The van der Waals surface area contributed by atoms with Gasteiger partial charge in [0.25, 0.3) is 0 Å². The van der Waals surface area contributed by atoms with E-state index in [4.69, 9.17) is 4.74 Å². The average molecular weight is 356 g/mol. The van der Waals surface area contributed by atoms with E-state index in [1.54, 1.807) is 0 Å². The van der Waals surface area contributed by atoms with E-state index in [1.807, 2.05) is 30.3 Å². The summed E-state index contributed by atoms with van der Waals surface area (Å²) in [5.41, 5.74) is 2.38.